The molecule has 182 valence electrons. The lowest BCUT2D eigenvalue weighted by Gasteiger charge is -2.29. The summed E-state index contributed by atoms with van der Waals surface area (Å²) in [5.74, 6) is -1.28. The van der Waals surface area contributed by atoms with Gasteiger partial charge in [-0.15, -0.1) is 0 Å². The summed E-state index contributed by atoms with van der Waals surface area (Å²) in [7, 11) is 0. The van der Waals surface area contributed by atoms with Gasteiger partial charge in [-0.3, -0.25) is 0 Å². The smallest absolute Gasteiger partial charge is 0.387 e. The second kappa shape index (κ2) is 11.2. The zero-order valence-corrected chi connectivity index (χ0v) is 19.0. The molecule has 0 atom stereocenters. The maximum atomic E-state index is 15.2. The molecule has 34 heavy (non-hydrogen) atoms. The molecule has 1 fully saturated rings. The van der Waals surface area contributed by atoms with Gasteiger partial charge in [-0.25, -0.2) is 8.78 Å². The molecule has 1 aliphatic rings. The number of benzene rings is 3. The zero-order valence-electron chi connectivity index (χ0n) is 19.0. The van der Waals surface area contributed by atoms with Crippen LogP contribution in [0.2, 0.25) is 0 Å². The third-order valence-corrected chi connectivity index (χ3v) is 6.16. The summed E-state index contributed by atoms with van der Waals surface area (Å²) >= 11 is 0. The van der Waals surface area contributed by atoms with Crippen LogP contribution in [0.15, 0.2) is 48.5 Å². The minimum atomic E-state index is -3.09. The van der Waals surface area contributed by atoms with Crippen molar-refractivity contribution in [1.82, 2.24) is 0 Å². The number of rotatable bonds is 9. The molecule has 0 aliphatic carbocycles. The first-order valence-corrected chi connectivity index (χ1v) is 11.6. The summed E-state index contributed by atoms with van der Waals surface area (Å²) in [5.41, 5.74) is 1.92. The molecule has 0 radical (unpaired) electrons. The van der Waals surface area contributed by atoms with E-state index in [0.717, 1.165) is 42.3 Å². The van der Waals surface area contributed by atoms with E-state index in [4.69, 9.17) is 9.47 Å². The average Bonchev–Trinajstić information content (AvgIpc) is 2.84. The fourth-order valence-electron chi connectivity index (χ4n) is 4.26. The Bertz CT molecular complexity index is 1110. The Balaban J connectivity index is 1.42. The van der Waals surface area contributed by atoms with E-state index in [0.29, 0.717) is 48.5 Å². The normalized spacial score (nSPS) is 18.5. The summed E-state index contributed by atoms with van der Waals surface area (Å²) in [6, 6.07) is 12.8. The standard InChI is InChI=1S/C27H28F4O3/c1-2-3-4-18-15-32-26(33-16-18)21-10-11-22-20(14-21)9-8-19(25(22)29)7-5-17-6-12-24(23(28)13-17)34-27(30)31/h6,8-14,18,26-27H,2-5,7,15-16H2,1H3. The highest BCUT2D eigenvalue weighted by atomic mass is 19.3. The van der Waals surface area contributed by atoms with E-state index in [1.54, 1.807) is 12.1 Å². The summed E-state index contributed by atoms with van der Waals surface area (Å²) < 4.78 is 69.6. The van der Waals surface area contributed by atoms with Crippen molar-refractivity contribution in [2.75, 3.05) is 13.2 Å². The minimum Gasteiger partial charge on any atom is -0.432 e. The number of unbranched alkanes of at least 4 members (excludes halogenated alkanes) is 1. The van der Waals surface area contributed by atoms with E-state index < -0.39 is 24.5 Å². The summed E-state index contributed by atoms with van der Waals surface area (Å²) in [5, 5.41) is 1.24. The molecule has 0 spiro atoms. The van der Waals surface area contributed by atoms with Crippen molar-refractivity contribution in [2.45, 2.75) is 51.9 Å². The van der Waals surface area contributed by atoms with Crippen molar-refractivity contribution in [3.63, 3.8) is 0 Å². The van der Waals surface area contributed by atoms with Gasteiger partial charge in [0.05, 0.1) is 13.2 Å². The Kier molecular flexibility index (Phi) is 8.06. The number of halogens is 4. The van der Waals surface area contributed by atoms with Crippen molar-refractivity contribution in [3.8, 4) is 5.75 Å². The number of hydrogen-bond acceptors (Lipinski definition) is 3. The highest BCUT2D eigenvalue weighted by Gasteiger charge is 2.23. The number of fused-ring (bicyclic) bond motifs is 1. The molecular weight excluding hydrogens is 448 g/mol. The van der Waals surface area contributed by atoms with Gasteiger partial charge in [0.25, 0.3) is 0 Å². The first-order valence-electron chi connectivity index (χ1n) is 11.6. The summed E-state index contributed by atoms with van der Waals surface area (Å²) in [4.78, 5) is 0. The van der Waals surface area contributed by atoms with Crippen LogP contribution in [-0.2, 0) is 22.3 Å². The molecule has 3 nitrogen and oxygen atoms in total. The Morgan fingerprint density at radius 1 is 0.971 bits per heavy atom. The van der Waals surface area contributed by atoms with Gasteiger partial charge >= 0.3 is 6.61 Å². The number of aryl methyl sites for hydroxylation is 2. The van der Waals surface area contributed by atoms with E-state index in [-0.39, 0.29) is 5.82 Å². The molecule has 0 unspecified atom stereocenters. The molecule has 4 rings (SSSR count). The van der Waals surface area contributed by atoms with E-state index in [9.17, 15) is 13.2 Å². The van der Waals surface area contributed by atoms with E-state index in [1.807, 2.05) is 18.2 Å². The second-order valence-corrected chi connectivity index (χ2v) is 8.67. The lowest BCUT2D eigenvalue weighted by Crippen LogP contribution is -2.27. The van der Waals surface area contributed by atoms with Crippen LogP contribution in [0, 0.1) is 17.6 Å². The number of hydrogen-bond donors (Lipinski definition) is 0. The lowest BCUT2D eigenvalue weighted by atomic mass is 9.98. The highest BCUT2D eigenvalue weighted by Crippen LogP contribution is 2.31. The van der Waals surface area contributed by atoms with Crippen LogP contribution in [-0.4, -0.2) is 19.8 Å². The Morgan fingerprint density at radius 2 is 1.76 bits per heavy atom. The van der Waals surface area contributed by atoms with Crippen LogP contribution >= 0.6 is 0 Å². The maximum Gasteiger partial charge on any atom is 0.387 e. The maximum absolute atomic E-state index is 15.2. The SMILES string of the molecule is CCCCC1COC(c2ccc3c(F)c(CCc4ccc(OC(F)F)c(F)c4)ccc3c2)OC1. The first kappa shape index (κ1) is 24.5. The predicted octanol–water partition coefficient (Wildman–Crippen LogP) is 7.36. The fraction of sp³-hybridized carbons (Fsp3) is 0.407. The van der Waals surface area contributed by atoms with Gasteiger partial charge in [0.2, 0.25) is 0 Å². The zero-order chi connectivity index (χ0) is 24.1. The van der Waals surface area contributed by atoms with Gasteiger partial charge in [-0.05, 0) is 54.0 Å². The summed E-state index contributed by atoms with van der Waals surface area (Å²) in [6.07, 6.45) is 3.65. The number of alkyl halides is 2. The molecule has 0 N–H and O–H groups in total. The van der Waals surface area contributed by atoms with Crippen molar-refractivity contribution in [3.05, 3.63) is 76.9 Å². The van der Waals surface area contributed by atoms with Gasteiger partial charge in [-0.1, -0.05) is 50.1 Å². The molecule has 1 heterocycles. The molecule has 0 saturated carbocycles. The first-order chi connectivity index (χ1) is 16.4. The second-order valence-electron chi connectivity index (χ2n) is 8.67. The Morgan fingerprint density at radius 3 is 2.47 bits per heavy atom. The van der Waals surface area contributed by atoms with Gasteiger partial charge in [0.15, 0.2) is 17.9 Å². The molecule has 0 aromatic heterocycles. The summed E-state index contributed by atoms with van der Waals surface area (Å²) in [6.45, 7) is 0.391. The van der Waals surface area contributed by atoms with Crippen LogP contribution < -0.4 is 4.74 Å². The van der Waals surface area contributed by atoms with Crippen LogP contribution in [0.1, 0.15) is 49.2 Å². The van der Waals surface area contributed by atoms with Crippen molar-refractivity contribution in [1.29, 1.82) is 0 Å². The van der Waals surface area contributed by atoms with Crippen molar-refractivity contribution >= 4 is 10.8 Å². The topological polar surface area (TPSA) is 27.7 Å². The molecule has 7 heteroatoms. The average molecular weight is 477 g/mol. The minimum absolute atomic E-state index is 0.327. The third-order valence-electron chi connectivity index (χ3n) is 6.16. The molecule has 0 amide bonds. The molecule has 1 saturated heterocycles. The van der Waals surface area contributed by atoms with Crippen LogP contribution in [0.25, 0.3) is 10.8 Å². The predicted molar refractivity (Wildman–Crippen MR) is 122 cm³/mol. The number of ether oxygens (including phenoxy) is 3. The molecule has 3 aromatic carbocycles. The van der Waals surface area contributed by atoms with Gasteiger partial charge in [-0.2, -0.15) is 8.78 Å². The van der Waals surface area contributed by atoms with Crippen LogP contribution in [0.3, 0.4) is 0 Å². The molecule has 1 aliphatic heterocycles. The van der Waals surface area contributed by atoms with Crippen molar-refractivity contribution in [2.24, 2.45) is 5.92 Å². The van der Waals surface area contributed by atoms with E-state index in [2.05, 4.69) is 11.7 Å². The Labute approximate surface area is 196 Å². The highest BCUT2D eigenvalue weighted by molar-refractivity contribution is 5.84. The lowest BCUT2D eigenvalue weighted by molar-refractivity contribution is -0.206. The van der Waals surface area contributed by atoms with E-state index >= 15 is 4.39 Å². The monoisotopic (exact) mass is 476 g/mol. The fourth-order valence-corrected chi connectivity index (χ4v) is 4.26. The van der Waals surface area contributed by atoms with Gasteiger partial charge < -0.3 is 14.2 Å². The molecular formula is C27H28F4O3. The molecule has 3 aromatic rings. The third kappa shape index (κ3) is 5.88. The van der Waals surface area contributed by atoms with Crippen molar-refractivity contribution < 1.29 is 31.8 Å². The Hall–Kier alpha value is -2.64. The van der Waals surface area contributed by atoms with Crippen LogP contribution in [0.4, 0.5) is 17.6 Å². The van der Waals surface area contributed by atoms with E-state index in [1.165, 1.54) is 6.07 Å². The molecule has 0 bridgehead atoms. The largest absolute Gasteiger partial charge is 0.432 e. The van der Waals surface area contributed by atoms with Gasteiger partial charge in [0, 0.05) is 16.9 Å². The van der Waals surface area contributed by atoms with Crippen LogP contribution in [0.5, 0.6) is 5.75 Å². The van der Waals surface area contributed by atoms with Gasteiger partial charge in [0.1, 0.15) is 5.82 Å². The quantitative estimate of drug-likeness (QED) is 0.302.